The lowest BCUT2D eigenvalue weighted by Crippen LogP contribution is -2.51. The van der Waals surface area contributed by atoms with Crippen LogP contribution in [0.4, 0.5) is 4.79 Å². The fourth-order valence-electron chi connectivity index (χ4n) is 2.43. The molecule has 0 aliphatic carbocycles. The zero-order chi connectivity index (χ0) is 15.4. The fourth-order valence-corrected chi connectivity index (χ4v) is 3.56. The summed E-state index contributed by atoms with van der Waals surface area (Å²) < 4.78 is 0.826. The van der Waals surface area contributed by atoms with Gasteiger partial charge in [0.25, 0.3) is 0 Å². The van der Waals surface area contributed by atoms with Gasteiger partial charge in [0.2, 0.25) is 0 Å². The highest BCUT2D eigenvalue weighted by Gasteiger charge is 2.21. The van der Waals surface area contributed by atoms with Crippen molar-refractivity contribution >= 4 is 29.0 Å². The van der Waals surface area contributed by atoms with Crippen molar-refractivity contribution in [3.05, 3.63) is 39.3 Å². The summed E-state index contributed by atoms with van der Waals surface area (Å²) in [6.45, 7) is 4.63. The Morgan fingerprint density at radius 1 is 1.32 bits per heavy atom. The second-order valence-corrected chi connectivity index (χ2v) is 7.01. The van der Waals surface area contributed by atoms with Gasteiger partial charge in [0, 0.05) is 43.8 Å². The monoisotopic (exact) mass is 339 g/mol. The third-order valence-corrected chi connectivity index (χ3v) is 4.87. The van der Waals surface area contributed by atoms with E-state index in [0.717, 1.165) is 42.8 Å². The number of carbonyl (C=O) groups is 1. The van der Waals surface area contributed by atoms with Crippen molar-refractivity contribution in [2.75, 3.05) is 26.2 Å². The first kappa shape index (κ1) is 15.3. The van der Waals surface area contributed by atoms with Crippen LogP contribution in [0.25, 0.3) is 0 Å². The van der Waals surface area contributed by atoms with Crippen molar-refractivity contribution in [3.63, 3.8) is 0 Å². The van der Waals surface area contributed by atoms with E-state index in [4.69, 9.17) is 11.6 Å². The Labute approximate surface area is 138 Å². The summed E-state index contributed by atoms with van der Waals surface area (Å²) in [7, 11) is 0. The number of nitrogens with one attached hydrogen (secondary N) is 2. The number of amides is 2. The Morgan fingerprint density at radius 2 is 2.14 bits per heavy atom. The second-order valence-electron chi connectivity index (χ2n) is 5.21. The van der Waals surface area contributed by atoms with E-state index in [-0.39, 0.29) is 6.03 Å². The molecule has 22 heavy (non-hydrogen) atoms. The van der Waals surface area contributed by atoms with Crippen LogP contribution in [0.15, 0.2) is 24.4 Å². The molecule has 0 aromatic carbocycles. The molecule has 3 heterocycles. The molecule has 1 saturated heterocycles. The SMILES string of the molecule is O=C(NCc1ccn[nH]1)N1CCN(Cc2ccc(Cl)s2)CC1. The minimum Gasteiger partial charge on any atom is -0.332 e. The number of rotatable bonds is 4. The number of hydrogen-bond acceptors (Lipinski definition) is 4. The minimum atomic E-state index is -0.0200. The predicted octanol–water partition coefficient (Wildman–Crippen LogP) is 2.15. The first-order valence-corrected chi connectivity index (χ1v) is 8.38. The van der Waals surface area contributed by atoms with Gasteiger partial charge in [-0.15, -0.1) is 11.3 Å². The maximum atomic E-state index is 12.1. The van der Waals surface area contributed by atoms with Gasteiger partial charge in [-0.05, 0) is 18.2 Å². The molecular weight excluding hydrogens is 322 g/mol. The molecule has 2 aromatic heterocycles. The van der Waals surface area contributed by atoms with E-state index >= 15 is 0 Å². The molecular formula is C14H18ClN5OS. The van der Waals surface area contributed by atoms with Crippen molar-refractivity contribution in [2.24, 2.45) is 0 Å². The van der Waals surface area contributed by atoms with Crippen LogP contribution in [0.2, 0.25) is 4.34 Å². The Kier molecular flexibility index (Phi) is 4.97. The summed E-state index contributed by atoms with van der Waals surface area (Å²) in [4.78, 5) is 17.6. The average Bonchev–Trinajstić information content (AvgIpc) is 3.17. The smallest absolute Gasteiger partial charge is 0.317 e. The van der Waals surface area contributed by atoms with E-state index in [9.17, 15) is 4.79 Å². The van der Waals surface area contributed by atoms with Crippen LogP contribution in [-0.4, -0.2) is 52.2 Å². The summed E-state index contributed by atoms with van der Waals surface area (Å²) >= 11 is 7.57. The van der Waals surface area contributed by atoms with E-state index in [1.54, 1.807) is 17.5 Å². The Hall–Kier alpha value is -1.57. The van der Waals surface area contributed by atoms with Crippen LogP contribution in [0.1, 0.15) is 10.6 Å². The first-order chi connectivity index (χ1) is 10.7. The zero-order valence-electron chi connectivity index (χ0n) is 12.1. The predicted molar refractivity (Wildman–Crippen MR) is 87.0 cm³/mol. The highest BCUT2D eigenvalue weighted by atomic mass is 35.5. The van der Waals surface area contributed by atoms with Gasteiger partial charge in [0.1, 0.15) is 0 Å². The molecule has 1 fully saturated rings. The van der Waals surface area contributed by atoms with Gasteiger partial charge in [-0.1, -0.05) is 11.6 Å². The molecule has 2 amide bonds. The summed E-state index contributed by atoms with van der Waals surface area (Å²) in [5.41, 5.74) is 0.904. The van der Waals surface area contributed by atoms with Crippen LogP contribution in [0.3, 0.4) is 0 Å². The van der Waals surface area contributed by atoms with Crippen LogP contribution in [0.5, 0.6) is 0 Å². The van der Waals surface area contributed by atoms with Crippen molar-refractivity contribution in [1.29, 1.82) is 0 Å². The molecule has 2 aromatic rings. The van der Waals surface area contributed by atoms with E-state index in [2.05, 4.69) is 26.5 Å². The zero-order valence-corrected chi connectivity index (χ0v) is 13.7. The number of urea groups is 1. The minimum absolute atomic E-state index is 0.0200. The topological polar surface area (TPSA) is 64.3 Å². The fraction of sp³-hybridized carbons (Fsp3) is 0.429. The summed E-state index contributed by atoms with van der Waals surface area (Å²) in [5, 5.41) is 9.59. The van der Waals surface area contributed by atoms with Gasteiger partial charge in [-0.2, -0.15) is 5.10 Å². The Balaban J connectivity index is 1.42. The molecule has 0 radical (unpaired) electrons. The first-order valence-electron chi connectivity index (χ1n) is 7.18. The number of H-pyrrole nitrogens is 1. The molecule has 1 aliphatic heterocycles. The van der Waals surface area contributed by atoms with E-state index in [1.807, 2.05) is 17.0 Å². The van der Waals surface area contributed by atoms with Crippen molar-refractivity contribution in [2.45, 2.75) is 13.1 Å². The number of nitrogens with zero attached hydrogens (tertiary/aromatic N) is 3. The number of aromatic amines is 1. The molecule has 6 nitrogen and oxygen atoms in total. The number of halogens is 1. The van der Waals surface area contributed by atoms with E-state index < -0.39 is 0 Å². The molecule has 3 rings (SSSR count). The normalized spacial score (nSPS) is 16.0. The van der Waals surface area contributed by atoms with Crippen LogP contribution >= 0.6 is 22.9 Å². The second kappa shape index (κ2) is 7.13. The van der Waals surface area contributed by atoms with Crippen molar-refractivity contribution < 1.29 is 4.79 Å². The summed E-state index contributed by atoms with van der Waals surface area (Å²) in [6, 6.07) is 5.83. The quantitative estimate of drug-likeness (QED) is 0.897. The third-order valence-electron chi connectivity index (χ3n) is 3.66. The van der Waals surface area contributed by atoms with Crippen LogP contribution in [0, 0.1) is 0 Å². The molecule has 0 bridgehead atoms. The lowest BCUT2D eigenvalue weighted by Gasteiger charge is -2.34. The maximum absolute atomic E-state index is 12.1. The molecule has 1 aliphatic rings. The molecule has 0 atom stereocenters. The van der Waals surface area contributed by atoms with Gasteiger partial charge < -0.3 is 10.2 Å². The van der Waals surface area contributed by atoms with Gasteiger partial charge in [-0.3, -0.25) is 10.00 Å². The number of thiophene rings is 1. The molecule has 8 heteroatoms. The molecule has 118 valence electrons. The lowest BCUT2D eigenvalue weighted by atomic mass is 10.3. The molecule has 0 unspecified atom stereocenters. The Morgan fingerprint density at radius 3 is 2.77 bits per heavy atom. The van der Waals surface area contributed by atoms with E-state index in [1.165, 1.54) is 4.88 Å². The maximum Gasteiger partial charge on any atom is 0.317 e. The van der Waals surface area contributed by atoms with Gasteiger partial charge >= 0.3 is 6.03 Å². The molecule has 0 spiro atoms. The molecule has 2 N–H and O–H groups in total. The van der Waals surface area contributed by atoms with E-state index in [0.29, 0.717) is 6.54 Å². The van der Waals surface area contributed by atoms with Gasteiger partial charge in [-0.25, -0.2) is 4.79 Å². The standard InChI is InChI=1S/C14H18ClN5OS/c15-13-2-1-12(22-13)10-19-5-7-20(8-6-19)14(21)16-9-11-3-4-17-18-11/h1-4H,5-10H2,(H,16,21)(H,17,18). The third kappa shape index (κ3) is 4.00. The van der Waals surface area contributed by atoms with Gasteiger partial charge in [0.15, 0.2) is 0 Å². The number of piperazine rings is 1. The van der Waals surface area contributed by atoms with Crippen LogP contribution < -0.4 is 5.32 Å². The van der Waals surface area contributed by atoms with Crippen molar-refractivity contribution in [3.8, 4) is 0 Å². The molecule has 0 saturated carbocycles. The van der Waals surface area contributed by atoms with Crippen LogP contribution in [-0.2, 0) is 13.1 Å². The highest BCUT2D eigenvalue weighted by molar-refractivity contribution is 7.16. The number of carbonyl (C=O) groups excluding carboxylic acids is 1. The lowest BCUT2D eigenvalue weighted by molar-refractivity contribution is 0.135. The van der Waals surface area contributed by atoms with Crippen molar-refractivity contribution in [1.82, 2.24) is 25.3 Å². The summed E-state index contributed by atoms with van der Waals surface area (Å²) in [6.07, 6.45) is 1.68. The largest absolute Gasteiger partial charge is 0.332 e. The number of hydrogen-bond donors (Lipinski definition) is 2. The number of aromatic nitrogens is 2. The van der Waals surface area contributed by atoms with Gasteiger partial charge in [0.05, 0.1) is 16.6 Å². The highest BCUT2D eigenvalue weighted by Crippen LogP contribution is 2.23. The average molecular weight is 340 g/mol. The Bertz CT molecular complexity index is 607. The summed E-state index contributed by atoms with van der Waals surface area (Å²) in [5.74, 6) is 0.